The first-order valence-electron chi connectivity index (χ1n) is 7.29. The van der Waals surface area contributed by atoms with E-state index in [1.54, 1.807) is 6.07 Å². The van der Waals surface area contributed by atoms with Gasteiger partial charge < -0.3 is 10.2 Å². The Morgan fingerprint density at radius 3 is 2.68 bits per heavy atom. The highest BCUT2D eigenvalue weighted by Gasteiger charge is 2.18. The summed E-state index contributed by atoms with van der Waals surface area (Å²) in [5.74, 6) is -0.274. The van der Waals surface area contributed by atoms with Gasteiger partial charge in [-0.1, -0.05) is 6.92 Å². The number of halogens is 1. The Hall–Kier alpha value is -1.00. The van der Waals surface area contributed by atoms with Crippen LogP contribution in [0.25, 0.3) is 0 Å². The third-order valence-corrected chi connectivity index (χ3v) is 3.73. The van der Waals surface area contributed by atoms with Crippen molar-refractivity contribution in [2.45, 2.75) is 45.2 Å². The molecule has 1 aromatic heterocycles. The van der Waals surface area contributed by atoms with Gasteiger partial charge in [0.25, 0.3) is 0 Å². The molecule has 19 heavy (non-hydrogen) atoms. The first kappa shape index (κ1) is 14.4. The van der Waals surface area contributed by atoms with Gasteiger partial charge in [0.15, 0.2) is 0 Å². The van der Waals surface area contributed by atoms with Crippen molar-refractivity contribution >= 4 is 0 Å². The van der Waals surface area contributed by atoms with Crippen LogP contribution in [-0.4, -0.2) is 35.6 Å². The lowest BCUT2D eigenvalue weighted by Gasteiger charge is -2.25. The van der Waals surface area contributed by atoms with Crippen LogP contribution in [0.2, 0.25) is 0 Å². The molecule has 0 aromatic carbocycles. The molecule has 0 spiro atoms. The molecule has 2 heterocycles. The third kappa shape index (κ3) is 4.25. The summed E-state index contributed by atoms with van der Waals surface area (Å²) in [6, 6.07) is 3.89. The van der Waals surface area contributed by atoms with Crippen LogP contribution in [0, 0.1) is 5.82 Å². The first-order chi connectivity index (χ1) is 9.19. The number of nitrogens with zero attached hydrogens (tertiary/aromatic N) is 2. The molecule has 1 aromatic rings. The van der Waals surface area contributed by atoms with E-state index < -0.39 is 0 Å². The molecule has 4 heteroatoms. The largest absolute Gasteiger partial charge is 0.305 e. The summed E-state index contributed by atoms with van der Waals surface area (Å²) in [4.78, 5) is 6.69. The lowest BCUT2D eigenvalue weighted by molar-refractivity contribution is 0.283. The van der Waals surface area contributed by atoms with E-state index in [0.29, 0.717) is 6.04 Å². The normalized spacial score (nSPS) is 19.5. The molecule has 1 aliphatic heterocycles. The van der Waals surface area contributed by atoms with Crippen molar-refractivity contribution in [1.82, 2.24) is 15.2 Å². The highest BCUT2D eigenvalue weighted by Crippen LogP contribution is 2.16. The molecule has 0 amide bonds. The summed E-state index contributed by atoms with van der Waals surface area (Å²) in [5, 5.41) is 3.60. The van der Waals surface area contributed by atoms with Crippen molar-refractivity contribution in [2.24, 2.45) is 0 Å². The fourth-order valence-electron chi connectivity index (χ4n) is 2.75. The lowest BCUT2D eigenvalue weighted by Crippen LogP contribution is -2.39. The van der Waals surface area contributed by atoms with Gasteiger partial charge in [-0.3, -0.25) is 4.98 Å². The summed E-state index contributed by atoms with van der Waals surface area (Å²) < 4.78 is 12.9. The Morgan fingerprint density at radius 1 is 1.37 bits per heavy atom. The molecule has 0 bridgehead atoms. The zero-order valence-corrected chi connectivity index (χ0v) is 11.9. The van der Waals surface area contributed by atoms with E-state index in [1.807, 2.05) is 0 Å². The summed E-state index contributed by atoms with van der Waals surface area (Å²) >= 11 is 0. The number of pyridine rings is 1. The van der Waals surface area contributed by atoms with Crippen molar-refractivity contribution in [1.29, 1.82) is 0 Å². The van der Waals surface area contributed by atoms with Gasteiger partial charge in [-0.05, 0) is 51.4 Å². The summed E-state index contributed by atoms with van der Waals surface area (Å²) in [7, 11) is 0. The van der Waals surface area contributed by atoms with Gasteiger partial charge in [-0.15, -0.1) is 0 Å². The molecule has 2 rings (SSSR count). The van der Waals surface area contributed by atoms with Crippen LogP contribution < -0.4 is 5.32 Å². The van der Waals surface area contributed by atoms with E-state index >= 15 is 0 Å². The molecule has 0 saturated carbocycles. The molecule has 1 saturated heterocycles. The van der Waals surface area contributed by atoms with Crippen molar-refractivity contribution in [3.8, 4) is 0 Å². The maximum Gasteiger partial charge on any atom is 0.141 e. The second-order valence-corrected chi connectivity index (χ2v) is 5.44. The topological polar surface area (TPSA) is 28.2 Å². The number of hydrogen-bond acceptors (Lipinski definition) is 3. The fourth-order valence-corrected chi connectivity index (χ4v) is 2.75. The minimum absolute atomic E-state index is 0.207. The van der Waals surface area contributed by atoms with E-state index in [-0.39, 0.29) is 11.9 Å². The van der Waals surface area contributed by atoms with Crippen LogP contribution in [0.1, 0.15) is 44.8 Å². The summed E-state index contributed by atoms with van der Waals surface area (Å²) in [6.45, 7) is 7.86. The van der Waals surface area contributed by atoms with Gasteiger partial charge in [0.2, 0.25) is 0 Å². The highest BCUT2D eigenvalue weighted by molar-refractivity contribution is 5.10. The number of hydrogen-bond donors (Lipinski definition) is 1. The van der Waals surface area contributed by atoms with Crippen LogP contribution in [0.4, 0.5) is 4.39 Å². The SMILES string of the molecule is CCC(NC(C)CN1CCCC1)c1ccc(F)cn1. The van der Waals surface area contributed by atoms with Gasteiger partial charge in [0.05, 0.1) is 11.9 Å². The molecular formula is C15H24FN3. The van der Waals surface area contributed by atoms with Crippen molar-refractivity contribution in [3.63, 3.8) is 0 Å². The van der Waals surface area contributed by atoms with Crippen LogP contribution in [0.5, 0.6) is 0 Å². The van der Waals surface area contributed by atoms with E-state index in [1.165, 1.54) is 38.2 Å². The molecule has 1 fully saturated rings. The molecule has 1 aliphatic rings. The summed E-state index contributed by atoms with van der Waals surface area (Å²) in [5.41, 5.74) is 0.928. The zero-order chi connectivity index (χ0) is 13.7. The number of aromatic nitrogens is 1. The van der Waals surface area contributed by atoms with Gasteiger partial charge in [-0.25, -0.2) is 4.39 Å². The molecule has 2 unspecified atom stereocenters. The number of rotatable bonds is 6. The van der Waals surface area contributed by atoms with Crippen molar-refractivity contribution in [3.05, 3.63) is 29.8 Å². The predicted octanol–water partition coefficient (Wildman–Crippen LogP) is 2.75. The quantitative estimate of drug-likeness (QED) is 0.857. The Balaban J connectivity index is 1.88. The molecule has 1 N–H and O–H groups in total. The van der Waals surface area contributed by atoms with Gasteiger partial charge in [0, 0.05) is 18.6 Å². The van der Waals surface area contributed by atoms with Crippen LogP contribution in [0.3, 0.4) is 0 Å². The molecular weight excluding hydrogens is 241 g/mol. The maximum atomic E-state index is 12.9. The predicted molar refractivity (Wildman–Crippen MR) is 75.5 cm³/mol. The van der Waals surface area contributed by atoms with Gasteiger partial charge in [-0.2, -0.15) is 0 Å². The van der Waals surface area contributed by atoms with Gasteiger partial charge >= 0.3 is 0 Å². The van der Waals surface area contributed by atoms with Crippen molar-refractivity contribution in [2.75, 3.05) is 19.6 Å². The summed E-state index contributed by atoms with van der Waals surface area (Å²) in [6.07, 6.45) is 4.90. The van der Waals surface area contributed by atoms with E-state index in [0.717, 1.165) is 18.7 Å². The molecule has 3 nitrogen and oxygen atoms in total. The average molecular weight is 265 g/mol. The first-order valence-corrected chi connectivity index (χ1v) is 7.29. The monoisotopic (exact) mass is 265 g/mol. The minimum atomic E-state index is -0.274. The van der Waals surface area contributed by atoms with Crippen molar-refractivity contribution < 1.29 is 4.39 Å². The Labute approximate surface area is 115 Å². The van der Waals surface area contributed by atoms with E-state index in [9.17, 15) is 4.39 Å². The molecule has 0 radical (unpaired) electrons. The fraction of sp³-hybridized carbons (Fsp3) is 0.667. The minimum Gasteiger partial charge on any atom is -0.305 e. The molecule has 0 aliphatic carbocycles. The maximum absolute atomic E-state index is 12.9. The number of nitrogens with one attached hydrogen (secondary N) is 1. The average Bonchev–Trinajstić information content (AvgIpc) is 2.90. The smallest absolute Gasteiger partial charge is 0.141 e. The second kappa shape index (κ2) is 6.96. The zero-order valence-electron chi connectivity index (χ0n) is 11.9. The van der Waals surface area contributed by atoms with Crippen LogP contribution in [0.15, 0.2) is 18.3 Å². The van der Waals surface area contributed by atoms with Gasteiger partial charge in [0.1, 0.15) is 5.82 Å². The lowest BCUT2D eigenvalue weighted by atomic mass is 10.1. The third-order valence-electron chi connectivity index (χ3n) is 3.73. The Morgan fingerprint density at radius 2 is 2.11 bits per heavy atom. The molecule has 106 valence electrons. The highest BCUT2D eigenvalue weighted by atomic mass is 19.1. The van der Waals surface area contributed by atoms with Crippen LogP contribution >= 0.6 is 0 Å². The van der Waals surface area contributed by atoms with E-state index in [2.05, 4.69) is 29.0 Å². The second-order valence-electron chi connectivity index (χ2n) is 5.44. The van der Waals surface area contributed by atoms with E-state index in [4.69, 9.17) is 0 Å². The molecule has 2 atom stereocenters. The number of likely N-dealkylation sites (tertiary alicyclic amines) is 1. The Kier molecular flexibility index (Phi) is 5.28. The van der Waals surface area contributed by atoms with Crippen LogP contribution in [-0.2, 0) is 0 Å². The Bertz CT molecular complexity index is 373. The standard InChI is InChI=1S/C15H24FN3/c1-3-14(15-7-6-13(16)10-17-15)18-12(2)11-19-8-4-5-9-19/h6-7,10,12,14,18H,3-5,8-9,11H2,1-2H3.